The van der Waals surface area contributed by atoms with Gasteiger partial charge in [0.15, 0.2) is 0 Å². The van der Waals surface area contributed by atoms with Crippen molar-refractivity contribution in [2.24, 2.45) is 0 Å². The Kier molecular flexibility index (Phi) is 5.72. The maximum absolute atomic E-state index is 13.1. The number of rotatable bonds is 6. The van der Waals surface area contributed by atoms with Crippen LogP contribution in [0.5, 0.6) is 5.75 Å². The molecule has 1 N–H and O–H groups in total. The summed E-state index contributed by atoms with van der Waals surface area (Å²) in [6.07, 6.45) is 0.486. The Balaban J connectivity index is 2.01. The Morgan fingerprint density at radius 3 is 2.70 bits per heavy atom. The number of carbonyl (C=O) groups excluding carboxylic acids is 2. The normalized spacial score (nSPS) is 12.0. The highest BCUT2D eigenvalue weighted by molar-refractivity contribution is 7.16. The van der Waals surface area contributed by atoms with Gasteiger partial charge in [0.25, 0.3) is 0 Å². The molecule has 3 aromatic rings. The number of hydrogen-bond donors (Lipinski definition) is 1. The van der Waals surface area contributed by atoms with Crippen LogP contribution in [0.2, 0.25) is 5.02 Å². The van der Waals surface area contributed by atoms with Crippen LogP contribution in [-0.2, 0) is 9.53 Å². The van der Waals surface area contributed by atoms with Gasteiger partial charge in [-0.25, -0.2) is 4.79 Å². The van der Waals surface area contributed by atoms with E-state index in [0.29, 0.717) is 28.6 Å². The molecule has 27 heavy (non-hydrogen) atoms. The maximum Gasteiger partial charge on any atom is 0.354 e. The Morgan fingerprint density at radius 1 is 1.26 bits per heavy atom. The van der Waals surface area contributed by atoms with Gasteiger partial charge in [-0.2, -0.15) is 0 Å². The zero-order valence-electron chi connectivity index (χ0n) is 15.1. The molecular formula is C19H19ClN2O4S. The largest absolute Gasteiger partial charge is 0.495 e. The lowest BCUT2D eigenvalue weighted by Gasteiger charge is -2.20. The van der Waals surface area contributed by atoms with Crippen LogP contribution in [-0.4, -0.2) is 30.7 Å². The second-order valence-electron chi connectivity index (χ2n) is 5.83. The SMILES string of the molecule is CC[C@@H](C(=O)Nc1cc(Cl)ccc1OC)n1c(C(=O)OC)cc2ccsc21. The van der Waals surface area contributed by atoms with Crippen molar-refractivity contribution in [1.82, 2.24) is 4.57 Å². The van der Waals surface area contributed by atoms with Gasteiger partial charge >= 0.3 is 5.97 Å². The molecule has 0 radical (unpaired) electrons. The molecule has 1 amide bonds. The van der Waals surface area contributed by atoms with Gasteiger partial charge < -0.3 is 19.4 Å². The molecule has 6 nitrogen and oxygen atoms in total. The van der Waals surface area contributed by atoms with Gasteiger partial charge in [0.2, 0.25) is 5.91 Å². The average molecular weight is 407 g/mol. The van der Waals surface area contributed by atoms with E-state index in [9.17, 15) is 9.59 Å². The number of nitrogens with zero attached hydrogens (tertiary/aromatic N) is 1. The molecule has 3 rings (SSSR count). The molecule has 2 heterocycles. The number of amides is 1. The molecule has 0 unspecified atom stereocenters. The van der Waals surface area contributed by atoms with Crippen LogP contribution >= 0.6 is 22.9 Å². The fourth-order valence-corrected chi connectivity index (χ4v) is 4.11. The third-order valence-electron chi connectivity index (χ3n) is 4.26. The summed E-state index contributed by atoms with van der Waals surface area (Å²) in [6.45, 7) is 1.89. The van der Waals surface area contributed by atoms with Crippen molar-refractivity contribution in [2.45, 2.75) is 19.4 Å². The van der Waals surface area contributed by atoms with Crippen molar-refractivity contribution in [3.8, 4) is 5.75 Å². The van der Waals surface area contributed by atoms with Crippen LogP contribution < -0.4 is 10.1 Å². The molecule has 0 spiro atoms. The zero-order valence-corrected chi connectivity index (χ0v) is 16.7. The molecule has 142 valence electrons. The topological polar surface area (TPSA) is 69.6 Å². The number of esters is 1. The number of anilines is 1. The summed E-state index contributed by atoms with van der Waals surface area (Å²) in [5.74, 6) is -0.247. The lowest BCUT2D eigenvalue weighted by molar-refractivity contribution is -0.119. The van der Waals surface area contributed by atoms with Gasteiger partial charge in [0.1, 0.15) is 22.3 Å². The fraction of sp³-hybridized carbons (Fsp3) is 0.263. The summed E-state index contributed by atoms with van der Waals surface area (Å²) in [7, 11) is 2.85. The quantitative estimate of drug-likeness (QED) is 0.600. The van der Waals surface area contributed by atoms with E-state index in [1.165, 1.54) is 25.6 Å². The first kappa shape index (κ1) is 19.3. The average Bonchev–Trinajstić information content (AvgIpc) is 3.24. The van der Waals surface area contributed by atoms with Gasteiger partial charge in [-0.15, -0.1) is 11.3 Å². The van der Waals surface area contributed by atoms with Crippen molar-refractivity contribution in [3.63, 3.8) is 0 Å². The molecule has 0 aliphatic carbocycles. The van der Waals surface area contributed by atoms with Gasteiger partial charge in [-0.3, -0.25) is 4.79 Å². The summed E-state index contributed by atoms with van der Waals surface area (Å²) in [5, 5.41) is 6.17. The first-order valence-corrected chi connectivity index (χ1v) is 9.57. The summed E-state index contributed by atoms with van der Waals surface area (Å²) < 4.78 is 11.9. The number of halogens is 1. The van der Waals surface area contributed by atoms with E-state index in [0.717, 1.165) is 10.2 Å². The molecule has 2 aromatic heterocycles. The van der Waals surface area contributed by atoms with Crippen LogP contribution in [0, 0.1) is 0 Å². The highest BCUT2D eigenvalue weighted by atomic mass is 35.5. The maximum atomic E-state index is 13.1. The Hall–Kier alpha value is -2.51. The minimum atomic E-state index is -0.598. The van der Waals surface area contributed by atoms with Gasteiger partial charge in [0, 0.05) is 10.4 Å². The second-order valence-corrected chi connectivity index (χ2v) is 7.16. The highest BCUT2D eigenvalue weighted by Gasteiger charge is 2.27. The van der Waals surface area contributed by atoms with Crippen LogP contribution in [0.15, 0.2) is 35.7 Å². The molecule has 0 saturated heterocycles. The molecule has 0 bridgehead atoms. The van der Waals surface area contributed by atoms with Crippen LogP contribution in [0.25, 0.3) is 10.2 Å². The Labute approximate surface area is 165 Å². The molecule has 0 saturated carbocycles. The predicted molar refractivity (Wildman–Crippen MR) is 107 cm³/mol. The highest BCUT2D eigenvalue weighted by Crippen LogP contribution is 2.33. The van der Waals surface area contributed by atoms with Crippen LogP contribution in [0.3, 0.4) is 0 Å². The molecule has 8 heteroatoms. The summed E-state index contributed by atoms with van der Waals surface area (Å²) in [5.41, 5.74) is 0.821. The number of thiophene rings is 1. The van der Waals surface area contributed by atoms with E-state index in [1.807, 2.05) is 18.4 Å². The lowest BCUT2D eigenvalue weighted by Crippen LogP contribution is -2.28. The van der Waals surface area contributed by atoms with Gasteiger partial charge in [-0.1, -0.05) is 18.5 Å². The monoisotopic (exact) mass is 406 g/mol. The number of hydrogen-bond acceptors (Lipinski definition) is 5. The molecule has 1 atom stereocenters. The standard InChI is InChI=1S/C19H19ClN2O4S/c1-4-14(17(23)21-13-10-12(20)5-6-16(13)25-2)22-15(19(24)26-3)9-11-7-8-27-18(11)22/h5-10,14H,4H2,1-3H3,(H,21,23)/t14-/m0/s1. The minimum Gasteiger partial charge on any atom is -0.495 e. The second kappa shape index (κ2) is 8.02. The Morgan fingerprint density at radius 2 is 2.04 bits per heavy atom. The number of aromatic nitrogens is 1. The number of ether oxygens (including phenoxy) is 2. The summed E-state index contributed by atoms with van der Waals surface area (Å²) in [6, 6.07) is 8.05. The number of methoxy groups -OCH3 is 2. The number of carbonyl (C=O) groups is 2. The van der Waals surface area contributed by atoms with Crippen LogP contribution in [0.4, 0.5) is 5.69 Å². The van der Waals surface area contributed by atoms with Crippen molar-refractivity contribution in [1.29, 1.82) is 0 Å². The summed E-state index contributed by atoms with van der Waals surface area (Å²) >= 11 is 7.52. The first-order valence-electron chi connectivity index (χ1n) is 8.31. The van der Waals surface area contributed by atoms with Crippen molar-refractivity contribution in [3.05, 3.63) is 46.4 Å². The number of nitrogens with one attached hydrogen (secondary N) is 1. The van der Waals surface area contributed by atoms with E-state index < -0.39 is 12.0 Å². The van der Waals surface area contributed by atoms with Crippen LogP contribution in [0.1, 0.15) is 29.9 Å². The van der Waals surface area contributed by atoms with E-state index in [4.69, 9.17) is 21.1 Å². The molecule has 0 fully saturated rings. The summed E-state index contributed by atoms with van der Waals surface area (Å²) in [4.78, 5) is 26.2. The molecule has 0 aliphatic heterocycles. The van der Waals surface area contributed by atoms with E-state index in [1.54, 1.807) is 28.8 Å². The van der Waals surface area contributed by atoms with E-state index in [-0.39, 0.29) is 5.91 Å². The first-order chi connectivity index (χ1) is 13.0. The smallest absolute Gasteiger partial charge is 0.354 e. The molecule has 0 aliphatic rings. The van der Waals surface area contributed by atoms with Crippen molar-refractivity contribution >= 4 is 50.7 Å². The molecular weight excluding hydrogens is 388 g/mol. The third-order valence-corrected chi connectivity index (χ3v) is 5.42. The zero-order chi connectivity index (χ0) is 19.6. The third kappa shape index (κ3) is 3.65. The van der Waals surface area contributed by atoms with Crippen molar-refractivity contribution in [2.75, 3.05) is 19.5 Å². The number of benzene rings is 1. The molecule has 1 aromatic carbocycles. The minimum absolute atomic E-state index is 0.269. The Bertz CT molecular complexity index is 995. The van der Waals surface area contributed by atoms with E-state index >= 15 is 0 Å². The van der Waals surface area contributed by atoms with E-state index in [2.05, 4.69) is 5.32 Å². The fourth-order valence-electron chi connectivity index (χ4n) is 2.99. The predicted octanol–water partition coefficient (Wildman–Crippen LogP) is 4.74. The van der Waals surface area contributed by atoms with Gasteiger partial charge in [-0.05, 0) is 42.1 Å². The number of fused-ring (bicyclic) bond motifs is 1. The lowest BCUT2D eigenvalue weighted by atomic mass is 10.2. The van der Waals surface area contributed by atoms with Crippen molar-refractivity contribution < 1.29 is 19.1 Å². The van der Waals surface area contributed by atoms with Gasteiger partial charge in [0.05, 0.1) is 19.9 Å².